The molecule has 0 saturated carbocycles. The van der Waals surface area contributed by atoms with Gasteiger partial charge in [0.25, 0.3) is 0 Å². The Morgan fingerprint density at radius 3 is 2.24 bits per heavy atom. The quantitative estimate of drug-likeness (QED) is 0.130. The van der Waals surface area contributed by atoms with Crippen molar-refractivity contribution in [2.75, 3.05) is 0 Å². The standard InChI is InChI=1S/C28H41N3OSi/c1-5-7-8-9-10-11-12-18-24-33(3,4)28(23-6-2,32-25-19-14-13-15-20-25)31-27-22-17-16-21-26(27)29-30-31/h6,13-17,19-22H,2,5,7-12,18,23-24H2,1,3-4H3. The average molecular weight is 464 g/mol. The van der Waals surface area contributed by atoms with E-state index in [-0.39, 0.29) is 0 Å². The number of para-hydroxylation sites is 2. The van der Waals surface area contributed by atoms with Gasteiger partial charge in [-0.15, -0.1) is 11.7 Å². The molecule has 33 heavy (non-hydrogen) atoms. The van der Waals surface area contributed by atoms with E-state index in [1.54, 1.807) is 0 Å². The SMILES string of the molecule is C=CCC(Oc1ccccc1)(n1nnc2ccccc21)[Si](C)(C)CCCCCCCCCC. The van der Waals surface area contributed by atoms with Crippen molar-refractivity contribution in [1.82, 2.24) is 15.0 Å². The third-order valence-electron chi connectivity index (χ3n) is 6.86. The lowest BCUT2D eigenvalue weighted by Crippen LogP contribution is -2.60. The van der Waals surface area contributed by atoms with E-state index in [9.17, 15) is 0 Å². The van der Waals surface area contributed by atoms with Crippen molar-refractivity contribution in [2.45, 2.75) is 89.2 Å². The Balaban J connectivity index is 1.86. The Morgan fingerprint density at radius 1 is 0.909 bits per heavy atom. The highest BCUT2D eigenvalue weighted by molar-refractivity contribution is 6.79. The number of fused-ring (bicyclic) bond motifs is 1. The fourth-order valence-corrected chi connectivity index (χ4v) is 8.14. The fraction of sp³-hybridized carbons (Fsp3) is 0.500. The van der Waals surface area contributed by atoms with Gasteiger partial charge in [0, 0.05) is 6.42 Å². The predicted molar refractivity (Wildman–Crippen MR) is 142 cm³/mol. The molecular weight excluding hydrogens is 422 g/mol. The van der Waals surface area contributed by atoms with Crippen LogP contribution in [0.2, 0.25) is 19.1 Å². The molecular formula is C28H41N3OSi. The lowest BCUT2D eigenvalue weighted by Gasteiger charge is -2.45. The van der Waals surface area contributed by atoms with Crippen LogP contribution in [0, 0.1) is 0 Å². The van der Waals surface area contributed by atoms with E-state index in [1.165, 1.54) is 57.4 Å². The summed E-state index contributed by atoms with van der Waals surface area (Å²) in [6.45, 7) is 11.3. The molecule has 178 valence electrons. The minimum Gasteiger partial charge on any atom is -0.470 e. The summed E-state index contributed by atoms with van der Waals surface area (Å²) in [4.78, 5) is 0. The molecule has 0 aliphatic heterocycles. The molecule has 4 nitrogen and oxygen atoms in total. The van der Waals surface area contributed by atoms with Crippen molar-refractivity contribution in [3.05, 3.63) is 67.3 Å². The van der Waals surface area contributed by atoms with E-state index >= 15 is 0 Å². The summed E-state index contributed by atoms with van der Waals surface area (Å²) in [6.07, 6.45) is 13.3. The van der Waals surface area contributed by atoms with Crippen LogP contribution in [0.25, 0.3) is 11.0 Å². The van der Waals surface area contributed by atoms with Crippen LogP contribution in [0.4, 0.5) is 0 Å². The smallest absolute Gasteiger partial charge is 0.188 e. The normalized spacial score (nSPS) is 13.7. The average Bonchev–Trinajstić information content (AvgIpc) is 3.25. The van der Waals surface area contributed by atoms with Gasteiger partial charge in [-0.3, -0.25) is 0 Å². The van der Waals surface area contributed by atoms with Crippen LogP contribution >= 0.6 is 0 Å². The van der Waals surface area contributed by atoms with Crippen LogP contribution in [-0.2, 0) is 5.35 Å². The van der Waals surface area contributed by atoms with Crippen molar-refractivity contribution in [1.29, 1.82) is 0 Å². The van der Waals surface area contributed by atoms with E-state index in [1.807, 2.05) is 48.5 Å². The Hall–Kier alpha value is -2.40. The molecule has 5 heteroatoms. The van der Waals surface area contributed by atoms with Crippen LogP contribution in [0.5, 0.6) is 5.75 Å². The number of ether oxygens (including phenoxy) is 1. The summed E-state index contributed by atoms with van der Waals surface area (Å²) in [5.74, 6) is 0.871. The first-order valence-electron chi connectivity index (χ1n) is 12.7. The molecule has 0 spiro atoms. The fourth-order valence-electron chi connectivity index (χ4n) is 4.78. The maximum Gasteiger partial charge on any atom is 0.188 e. The number of benzene rings is 2. The monoisotopic (exact) mass is 463 g/mol. The van der Waals surface area contributed by atoms with E-state index in [2.05, 4.69) is 53.7 Å². The van der Waals surface area contributed by atoms with Gasteiger partial charge in [-0.05, 0) is 24.3 Å². The highest BCUT2D eigenvalue weighted by atomic mass is 28.3. The summed E-state index contributed by atoms with van der Waals surface area (Å²) in [6, 6.07) is 19.5. The van der Waals surface area contributed by atoms with Gasteiger partial charge in [0.2, 0.25) is 0 Å². The Labute approximate surface area is 201 Å². The number of hydrogen-bond acceptors (Lipinski definition) is 3. The molecule has 0 bridgehead atoms. The molecule has 0 fully saturated rings. The summed E-state index contributed by atoms with van der Waals surface area (Å²) in [5.41, 5.74) is 1.92. The third-order valence-corrected chi connectivity index (χ3v) is 11.1. The summed E-state index contributed by atoms with van der Waals surface area (Å²) >= 11 is 0. The van der Waals surface area contributed by atoms with Gasteiger partial charge >= 0.3 is 0 Å². The van der Waals surface area contributed by atoms with Crippen LogP contribution < -0.4 is 4.74 Å². The molecule has 2 aromatic carbocycles. The second-order valence-corrected chi connectivity index (χ2v) is 14.8. The largest absolute Gasteiger partial charge is 0.470 e. The van der Waals surface area contributed by atoms with Crippen molar-refractivity contribution in [3.8, 4) is 5.75 Å². The van der Waals surface area contributed by atoms with Crippen LogP contribution in [0.15, 0.2) is 67.3 Å². The minimum atomic E-state index is -2.02. The first-order valence-corrected chi connectivity index (χ1v) is 15.9. The molecule has 0 aliphatic carbocycles. The molecule has 0 amide bonds. The second-order valence-electron chi connectivity index (χ2n) is 9.79. The topological polar surface area (TPSA) is 39.9 Å². The van der Waals surface area contributed by atoms with E-state index in [0.29, 0.717) is 6.42 Å². The third kappa shape index (κ3) is 6.14. The van der Waals surface area contributed by atoms with Crippen LogP contribution in [0.3, 0.4) is 0 Å². The molecule has 0 radical (unpaired) electrons. The second kappa shape index (κ2) is 12.2. The molecule has 0 N–H and O–H groups in total. The lowest BCUT2D eigenvalue weighted by molar-refractivity contribution is 0.0587. The number of hydrogen-bond donors (Lipinski definition) is 0. The molecule has 1 atom stereocenters. The zero-order valence-electron chi connectivity index (χ0n) is 20.8. The molecule has 1 heterocycles. The Kier molecular flexibility index (Phi) is 9.30. The first-order chi connectivity index (χ1) is 16.0. The summed E-state index contributed by atoms with van der Waals surface area (Å²) in [5, 5.41) is 8.56. The molecule has 1 unspecified atom stereocenters. The maximum absolute atomic E-state index is 6.93. The Morgan fingerprint density at radius 2 is 1.55 bits per heavy atom. The van der Waals surface area contributed by atoms with Crippen molar-refractivity contribution < 1.29 is 4.74 Å². The summed E-state index contributed by atoms with van der Waals surface area (Å²) in [7, 11) is -2.02. The van der Waals surface area contributed by atoms with Gasteiger partial charge in [0.1, 0.15) is 19.3 Å². The summed E-state index contributed by atoms with van der Waals surface area (Å²) < 4.78 is 9.00. The highest BCUT2D eigenvalue weighted by Crippen LogP contribution is 2.40. The molecule has 0 aliphatic rings. The van der Waals surface area contributed by atoms with Gasteiger partial charge in [0.05, 0.1) is 5.52 Å². The van der Waals surface area contributed by atoms with Gasteiger partial charge in [-0.2, -0.15) is 0 Å². The number of unbranched alkanes of at least 4 members (excludes halogenated alkanes) is 7. The number of nitrogens with zero attached hydrogens (tertiary/aromatic N) is 3. The zero-order chi connectivity index (χ0) is 23.6. The highest BCUT2D eigenvalue weighted by Gasteiger charge is 2.51. The van der Waals surface area contributed by atoms with Crippen molar-refractivity contribution in [3.63, 3.8) is 0 Å². The van der Waals surface area contributed by atoms with E-state index in [0.717, 1.165) is 16.8 Å². The van der Waals surface area contributed by atoms with Gasteiger partial charge in [0.15, 0.2) is 5.35 Å². The van der Waals surface area contributed by atoms with Crippen LogP contribution in [0.1, 0.15) is 64.7 Å². The predicted octanol–water partition coefficient (Wildman–Crippen LogP) is 8.13. The van der Waals surface area contributed by atoms with E-state index < -0.39 is 13.4 Å². The molecule has 0 saturated heterocycles. The number of aromatic nitrogens is 3. The van der Waals surface area contributed by atoms with Gasteiger partial charge in [-0.1, -0.05) is 119 Å². The lowest BCUT2D eigenvalue weighted by atomic mass is 10.1. The minimum absolute atomic E-state index is 0.590. The van der Waals surface area contributed by atoms with Gasteiger partial charge < -0.3 is 4.74 Å². The van der Waals surface area contributed by atoms with Crippen molar-refractivity contribution in [2.24, 2.45) is 0 Å². The van der Waals surface area contributed by atoms with Crippen molar-refractivity contribution >= 4 is 19.1 Å². The van der Waals surface area contributed by atoms with E-state index in [4.69, 9.17) is 4.74 Å². The van der Waals surface area contributed by atoms with Crippen LogP contribution in [-0.4, -0.2) is 23.1 Å². The Bertz CT molecular complexity index is 985. The molecule has 3 rings (SSSR count). The molecule has 1 aromatic heterocycles. The molecule has 3 aromatic rings. The first kappa shape index (κ1) is 25.2. The maximum atomic E-state index is 6.93. The number of rotatable bonds is 15. The van der Waals surface area contributed by atoms with Gasteiger partial charge in [-0.25, -0.2) is 4.68 Å². The zero-order valence-corrected chi connectivity index (χ0v) is 21.8.